The van der Waals surface area contributed by atoms with Crippen LogP contribution in [0.5, 0.6) is 11.5 Å². The lowest BCUT2D eigenvalue weighted by atomic mass is 10.1. The van der Waals surface area contributed by atoms with Crippen molar-refractivity contribution in [3.05, 3.63) is 95.7 Å². The van der Waals surface area contributed by atoms with Gasteiger partial charge in [-0.05, 0) is 42.5 Å². The average molecular weight is 452 g/mol. The molecule has 0 fully saturated rings. The molecule has 0 saturated carbocycles. The number of benzene rings is 3. The van der Waals surface area contributed by atoms with Crippen LogP contribution in [0, 0.1) is 0 Å². The lowest BCUT2D eigenvalue weighted by molar-refractivity contribution is 0.0660. The third kappa shape index (κ3) is 3.61. The molecule has 2 amide bonds. The van der Waals surface area contributed by atoms with E-state index in [4.69, 9.17) is 14.6 Å². The van der Waals surface area contributed by atoms with E-state index in [0.29, 0.717) is 33.9 Å². The van der Waals surface area contributed by atoms with E-state index in [1.807, 2.05) is 42.5 Å². The van der Waals surface area contributed by atoms with Gasteiger partial charge in [0.2, 0.25) is 0 Å². The van der Waals surface area contributed by atoms with Gasteiger partial charge in [0.25, 0.3) is 11.8 Å². The lowest BCUT2D eigenvalue weighted by Gasteiger charge is -2.09. The molecule has 8 nitrogen and oxygen atoms in total. The number of imide groups is 1. The molecule has 3 aromatic carbocycles. The number of methoxy groups -OCH3 is 2. The van der Waals surface area contributed by atoms with Gasteiger partial charge >= 0.3 is 0 Å². The third-order valence-electron chi connectivity index (χ3n) is 5.51. The monoisotopic (exact) mass is 452 g/mol. The first-order valence-corrected chi connectivity index (χ1v) is 10.5. The summed E-state index contributed by atoms with van der Waals surface area (Å²) in [5.41, 5.74) is 3.51. The maximum atomic E-state index is 12.7. The molecule has 5 rings (SSSR count). The fourth-order valence-corrected chi connectivity index (χ4v) is 3.80. The fourth-order valence-electron chi connectivity index (χ4n) is 3.80. The zero-order valence-electron chi connectivity index (χ0n) is 18.5. The standard InChI is InChI=1S/C26H20N4O4/c1-33-22-13-12-17(14-23(22)34-2)24-18(16-29(28-24)19-8-4-3-5-9-19)15-27-30-25(31)20-10-6-7-11-21(20)26(30)32/h3-16H,1-2H3. The van der Waals surface area contributed by atoms with Crippen molar-refractivity contribution >= 4 is 18.0 Å². The fraction of sp³-hybridized carbons (Fsp3) is 0.0769. The van der Waals surface area contributed by atoms with E-state index in [1.54, 1.807) is 55.4 Å². The van der Waals surface area contributed by atoms with Gasteiger partial charge in [-0.15, -0.1) is 0 Å². The minimum absolute atomic E-state index is 0.338. The van der Waals surface area contributed by atoms with Crippen LogP contribution in [-0.4, -0.2) is 47.0 Å². The predicted molar refractivity (Wildman–Crippen MR) is 127 cm³/mol. The first kappa shape index (κ1) is 21.1. The van der Waals surface area contributed by atoms with E-state index in [0.717, 1.165) is 16.3 Å². The van der Waals surface area contributed by atoms with Crippen LogP contribution in [0.2, 0.25) is 0 Å². The molecule has 0 atom stereocenters. The first-order valence-electron chi connectivity index (χ1n) is 10.5. The van der Waals surface area contributed by atoms with Crippen LogP contribution in [0.15, 0.2) is 84.1 Å². The Kier molecular flexibility index (Phi) is 5.39. The molecule has 0 bridgehead atoms. The molecule has 1 aliphatic heterocycles. The summed E-state index contributed by atoms with van der Waals surface area (Å²) in [5, 5.41) is 9.86. The molecule has 2 heterocycles. The van der Waals surface area contributed by atoms with Gasteiger partial charge in [-0.1, -0.05) is 30.3 Å². The number of hydrogen-bond donors (Lipinski definition) is 0. The second kappa shape index (κ2) is 8.67. The highest BCUT2D eigenvalue weighted by molar-refractivity contribution is 6.21. The Bertz CT molecular complexity index is 1390. The highest BCUT2D eigenvalue weighted by Gasteiger charge is 2.35. The predicted octanol–water partition coefficient (Wildman–Crippen LogP) is 4.19. The summed E-state index contributed by atoms with van der Waals surface area (Å²) in [6.07, 6.45) is 3.27. The number of amides is 2. The number of carbonyl (C=O) groups is 2. The molecule has 1 aliphatic rings. The van der Waals surface area contributed by atoms with Crippen LogP contribution >= 0.6 is 0 Å². The summed E-state index contributed by atoms with van der Waals surface area (Å²) < 4.78 is 12.5. The van der Waals surface area contributed by atoms with Crippen LogP contribution in [-0.2, 0) is 0 Å². The maximum absolute atomic E-state index is 12.7. The topological polar surface area (TPSA) is 86.0 Å². The first-order chi connectivity index (χ1) is 16.6. The molecule has 0 saturated heterocycles. The van der Waals surface area contributed by atoms with Crippen molar-refractivity contribution in [2.75, 3.05) is 14.2 Å². The zero-order valence-corrected chi connectivity index (χ0v) is 18.5. The van der Waals surface area contributed by atoms with Gasteiger partial charge in [0, 0.05) is 17.3 Å². The minimum Gasteiger partial charge on any atom is -0.493 e. The van der Waals surface area contributed by atoms with Gasteiger partial charge in [0.15, 0.2) is 11.5 Å². The summed E-state index contributed by atoms with van der Waals surface area (Å²) >= 11 is 0. The summed E-state index contributed by atoms with van der Waals surface area (Å²) in [5.74, 6) is 0.229. The summed E-state index contributed by atoms with van der Waals surface area (Å²) in [6.45, 7) is 0. The van der Waals surface area contributed by atoms with Gasteiger partial charge in [0.1, 0.15) is 5.69 Å². The van der Waals surface area contributed by atoms with Crippen molar-refractivity contribution in [1.29, 1.82) is 0 Å². The molecule has 0 N–H and O–H groups in total. The van der Waals surface area contributed by atoms with Gasteiger partial charge in [-0.25, -0.2) is 4.68 Å². The molecule has 4 aromatic rings. The van der Waals surface area contributed by atoms with E-state index in [1.165, 1.54) is 6.21 Å². The number of hydrogen-bond acceptors (Lipinski definition) is 6. The highest BCUT2D eigenvalue weighted by atomic mass is 16.5. The Labute approximate surface area is 195 Å². The zero-order chi connectivity index (χ0) is 23.7. The van der Waals surface area contributed by atoms with Crippen molar-refractivity contribution in [3.8, 4) is 28.4 Å². The molecular weight excluding hydrogens is 432 g/mol. The Morgan fingerprint density at radius 2 is 1.47 bits per heavy atom. The number of aromatic nitrogens is 2. The van der Waals surface area contributed by atoms with Gasteiger partial charge in [-0.2, -0.15) is 15.2 Å². The van der Waals surface area contributed by atoms with Crippen molar-refractivity contribution in [2.45, 2.75) is 0 Å². The minimum atomic E-state index is -0.458. The normalized spacial score (nSPS) is 12.9. The van der Waals surface area contributed by atoms with Crippen LogP contribution in [0.4, 0.5) is 0 Å². The summed E-state index contributed by atoms with van der Waals surface area (Å²) in [6, 6.07) is 21.8. The molecule has 8 heteroatoms. The molecule has 168 valence electrons. The molecule has 0 radical (unpaired) electrons. The Morgan fingerprint density at radius 3 is 2.12 bits per heavy atom. The summed E-state index contributed by atoms with van der Waals surface area (Å²) in [7, 11) is 3.14. The van der Waals surface area contributed by atoms with Crippen molar-refractivity contribution < 1.29 is 19.1 Å². The quantitative estimate of drug-likeness (QED) is 0.324. The second-order valence-electron chi connectivity index (χ2n) is 7.50. The number of carbonyl (C=O) groups excluding carboxylic acids is 2. The van der Waals surface area contributed by atoms with Gasteiger partial charge < -0.3 is 9.47 Å². The van der Waals surface area contributed by atoms with E-state index >= 15 is 0 Å². The average Bonchev–Trinajstić information content (AvgIpc) is 3.42. The number of nitrogens with zero attached hydrogens (tertiary/aromatic N) is 4. The van der Waals surface area contributed by atoms with Crippen LogP contribution in [0.1, 0.15) is 26.3 Å². The number of rotatable bonds is 6. The lowest BCUT2D eigenvalue weighted by Crippen LogP contribution is -2.24. The number of para-hydroxylation sites is 1. The maximum Gasteiger partial charge on any atom is 0.282 e. The molecular formula is C26H20N4O4. The van der Waals surface area contributed by atoms with E-state index in [9.17, 15) is 9.59 Å². The molecule has 0 spiro atoms. The number of ether oxygens (including phenoxy) is 2. The molecule has 1 aromatic heterocycles. The Morgan fingerprint density at radius 1 is 0.824 bits per heavy atom. The van der Waals surface area contributed by atoms with E-state index in [2.05, 4.69) is 5.10 Å². The second-order valence-corrected chi connectivity index (χ2v) is 7.50. The van der Waals surface area contributed by atoms with Crippen molar-refractivity contribution in [3.63, 3.8) is 0 Å². The highest BCUT2D eigenvalue weighted by Crippen LogP contribution is 2.33. The summed E-state index contributed by atoms with van der Waals surface area (Å²) in [4.78, 5) is 25.4. The Balaban J connectivity index is 1.57. The number of hydrazone groups is 1. The van der Waals surface area contributed by atoms with Crippen molar-refractivity contribution in [1.82, 2.24) is 14.8 Å². The van der Waals surface area contributed by atoms with E-state index in [-0.39, 0.29) is 0 Å². The Hall–Kier alpha value is -4.72. The van der Waals surface area contributed by atoms with Gasteiger partial charge in [-0.3, -0.25) is 9.59 Å². The van der Waals surface area contributed by atoms with Crippen molar-refractivity contribution in [2.24, 2.45) is 5.10 Å². The van der Waals surface area contributed by atoms with Crippen LogP contribution < -0.4 is 9.47 Å². The largest absolute Gasteiger partial charge is 0.493 e. The van der Waals surface area contributed by atoms with Crippen LogP contribution in [0.3, 0.4) is 0 Å². The van der Waals surface area contributed by atoms with Crippen LogP contribution in [0.25, 0.3) is 16.9 Å². The van der Waals surface area contributed by atoms with Gasteiger partial charge in [0.05, 0.1) is 37.2 Å². The smallest absolute Gasteiger partial charge is 0.282 e. The third-order valence-corrected chi connectivity index (χ3v) is 5.51. The molecule has 0 unspecified atom stereocenters. The van der Waals surface area contributed by atoms with E-state index < -0.39 is 11.8 Å². The number of fused-ring (bicyclic) bond motifs is 1. The molecule has 34 heavy (non-hydrogen) atoms. The SMILES string of the molecule is COc1ccc(-c2nn(-c3ccccc3)cc2C=NN2C(=O)c3ccccc3C2=O)cc1OC. The molecule has 0 aliphatic carbocycles.